The molecule has 3 rings (SSSR count). The van der Waals surface area contributed by atoms with E-state index in [0.717, 1.165) is 29.5 Å². The lowest BCUT2D eigenvalue weighted by Crippen LogP contribution is -2.49. The molecule has 1 aliphatic heterocycles. The average Bonchev–Trinajstić information content (AvgIpc) is 2.70. The molecule has 1 N–H and O–H groups in total. The number of rotatable bonds is 7. The molecule has 0 unspecified atom stereocenters. The van der Waals surface area contributed by atoms with Crippen LogP contribution < -0.4 is 5.32 Å². The van der Waals surface area contributed by atoms with E-state index >= 15 is 0 Å². The predicted molar refractivity (Wildman–Crippen MR) is 105 cm³/mol. The smallest absolute Gasteiger partial charge is 0.227 e. The van der Waals surface area contributed by atoms with Crippen molar-refractivity contribution in [1.82, 2.24) is 10.3 Å². The maximum atomic E-state index is 13.1. The van der Waals surface area contributed by atoms with E-state index in [2.05, 4.69) is 40.6 Å². The van der Waals surface area contributed by atoms with Crippen molar-refractivity contribution >= 4 is 5.91 Å². The Morgan fingerprint density at radius 1 is 1.26 bits per heavy atom. The van der Waals surface area contributed by atoms with Gasteiger partial charge in [0.2, 0.25) is 5.91 Å². The predicted octanol–water partition coefficient (Wildman–Crippen LogP) is 3.24. The molecule has 0 saturated carbocycles. The minimum absolute atomic E-state index is 0.0102. The quantitative estimate of drug-likeness (QED) is 0.815. The lowest BCUT2D eigenvalue weighted by Gasteiger charge is -2.37. The van der Waals surface area contributed by atoms with Crippen LogP contribution in [0.5, 0.6) is 0 Å². The highest BCUT2D eigenvalue weighted by atomic mass is 16.5. The molecule has 1 aromatic carbocycles. The van der Waals surface area contributed by atoms with E-state index < -0.39 is 5.41 Å². The fourth-order valence-corrected chi connectivity index (χ4v) is 3.70. The molecule has 1 amide bonds. The Kier molecular flexibility index (Phi) is 6.58. The van der Waals surface area contributed by atoms with Gasteiger partial charge in [-0.3, -0.25) is 9.78 Å². The standard InChI is InChI=1S/C22H28N2O3/c1-17(16-26-2)24-21(25)22(8-11-27-12-9-22)14-18-5-3-6-19(13-18)20-7-4-10-23-15-20/h3-7,10,13,15,17H,8-9,11-12,14,16H2,1-2H3,(H,24,25)/t17-/m1/s1. The lowest BCUT2D eigenvalue weighted by atomic mass is 9.74. The largest absolute Gasteiger partial charge is 0.383 e. The number of pyridine rings is 1. The topological polar surface area (TPSA) is 60.5 Å². The molecule has 1 atom stereocenters. The van der Waals surface area contributed by atoms with Crippen molar-refractivity contribution in [3.63, 3.8) is 0 Å². The van der Waals surface area contributed by atoms with Crippen molar-refractivity contribution in [3.8, 4) is 11.1 Å². The van der Waals surface area contributed by atoms with Crippen LogP contribution in [0.25, 0.3) is 11.1 Å². The second-order valence-corrected chi connectivity index (χ2v) is 7.34. The molecule has 1 saturated heterocycles. The van der Waals surface area contributed by atoms with Crippen LogP contribution in [0.2, 0.25) is 0 Å². The zero-order valence-corrected chi connectivity index (χ0v) is 16.1. The van der Waals surface area contributed by atoms with Gasteiger partial charge >= 0.3 is 0 Å². The molecule has 1 fully saturated rings. The number of aromatic nitrogens is 1. The summed E-state index contributed by atoms with van der Waals surface area (Å²) in [5.41, 5.74) is 2.93. The summed E-state index contributed by atoms with van der Waals surface area (Å²) in [4.78, 5) is 17.3. The number of methoxy groups -OCH3 is 1. The Labute approximate surface area is 161 Å². The summed E-state index contributed by atoms with van der Waals surface area (Å²) in [6.45, 7) is 3.72. The van der Waals surface area contributed by atoms with Crippen molar-refractivity contribution in [3.05, 3.63) is 54.4 Å². The highest BCUT2D eigenvalue weighted by molar-refractivity contribution is 5.83. The van der Waals surface area contributed by atoms with Crippen LogP contribution in [0.1, 0.15) is 25.3 Å². The maximum Gasteiger partial charge on any atom is 0.227 e. The molecule has 27 heavy (non-hydrogen) atoms. The van der Waals surface area contributed by atoms with E-state index in [9.17, 15) is 4.79 Å². The second-order valence-electron chi connectivity index (χ2n) is 7.34. The third kappa shape index (κ3) is 4.93. The van der Waals surface area contributed by atoms with E-state index in [0.29, 0.717) is 26.2 Å². The van der Waals surface area contributed by atoms with Crippen molar-refractivity contribution < 1.29 is 14.3 Å². The van der Waals surface area contributed by atoms with Crippen molar-refractivity contribution in [2.24, 2.45) is 5.41 Å². The summed E-state index contributed by atoms with van der Waals surface area (Å²) >= 11 is 0. The summed E-state index contributed by atoms with van der Waals surface area (Å²) in [7, 11) is 1.65. The molecule has 0 bridgehead atoms. The summed E-state index contributed by atoms with van der Waals surface area (Å²) in [6.07, 6.45) is 5.81. The molecule has 5 heteroatoms. The van der Waals surface area contributed by atoms with Crippen molar-refractivity contribution in [2.75, 3.05) is 26.9 Å². The molecule has 0 spiro atoms. The number of nitrogens with one attached hydrogen (secondary N) is 1. The molecule has 2 heterocycles. The first-order valence-corrected chi connectivity index (χ1v) is 9.50. The molecule has 0 aliphatic carbocycles. The SMILES string of the molecule is COC[C@@H](C)NC(=O)C1(Cc2cccc(-c3cccnc3)c2)CCOCC1. The fraction of sp³-hybridized carbons (Fsp3) is 0.455. The second kappa shape index (κ2) is 9.11. The number of carbonyl (C=O) groups excluding carboxylic acids is 1. The van der Waals surface area contributed by atoms with Gasteiger partial charge in [-0.25, -0.2) is 0 Å². The van der Waals surface area contributed by atoms with Gasteiger partial charge in [-0.15, -0.1) is 0 Å². The van der Waals surface area contributed by atoms with Crippen molar-refractivity contribution in [2.45, 2.75) is 32.2 Å². The van der Waals surface area contributed by atoms with Gasteiger partial charge in [-0.05, 0) is 48.9 Å². The van der Waals surface area contributed by atoms with Crippen LogP contribution in [0, 0.1) is 5.41 Å². The zero-order valence-electron chi connectivity index (χ0n) is 16.1. The average molecular weight is 368 g/mol. The lowest BCUT2D eigenvalue weighted by molar-refractivity contribution is -0.137. The van der Waals surface area contributed by atoms with Crippen LogP contribution in [0.3, 0.4) is 0 Å². The van der Waals surface area contributed by atoms with Crippen LogP contribution in [-0.2, 0) is 20.7 Å². The number of carbonyl (C=O) groups is 1. The Balaban J connectivity index is 1.81. The number of ether oxygens (including phenoxy) is 2. The third-order valence-corrected chi connectivity index (χ3v) is 5.19. The van der Waals surface area contributed by atoms with E-state index in [-0.39, 0.29) is 11.9 Å². The first-order valence-electron chi connectivity index (χ1n) is 9.50. The number of amides is 1. The number of hydrogen-bond donors (Lipinski definition) is 1. The van der Waals surface area contributed by atoms with Crippen LogP contribution >= 0.6 is 0 Å². The summed E-state index contributed by atoms with van der Waals surface area (Å²) in [5.74, 6) is 0.0992. The van der Waals surface area contributed by atoms with Gasteiger partial charge in [0.1, 0.15) is 0 Å². The Hall–Kier alpha value is -2.24. The first-order chi connectivity index (χ1) is 13.1. The molecule has 1 aliphatic rings. The van der Waals surface area contributed by atoms with Crippen LogP contribution in [0.4, 0.5) is 0 Å². The van der Waals surface area contributed by atoms with E-state index in [1.54, 1.807) is 13.3 Å². The minimum atomic E-state index is -0.437. The van der Waals surface area contributed by atoms with E-state index in [4.69, 9.17) is 9.47 Å². The fourth-order valence-electron chi connectivity index (χ4n) is 3.70. The number of hydrogen-bond acceptors (Lipinski definition) is 4. The molecular formula is C22H28N2O3. The van der Waals surface area contributed by atoms with Gasteiger partial charge in [-0.2, -0.15) is 0 Å². The third-order valence-electron chi connectivity index (χ3n) is 5.19. The van der Waals surface area contributed by atoms with E-state index in [1.807, 2.05) is 19.2 Å². The van der Waals surface area contributed by atoms with Gasteiger partial charge in [-0.1, -0.05) is 30.3 Å². The molecule has 2 aromatic rings. The molecule has 144 valence electrons. The Morgan fingerprint density at radius 2 is 2.04 bits per heavy atom. The summed E-state index contributed by atoms with van der Waals surface area (Å²) in [5, 5.41) is 3.13. The van der Waals surface area contributed by atoms with Crippen LogP contribution in [-0.4, -0.2) is 43.9 Å². The van der Waals surface area contributed by atoms with Crippen molar-refractivity contribution in [1.29, 1.82) is 0 Å². The van der Waals surface area contributed by atoms with Gasteiger partial charge in [0.25, 0.3) is 0 Å². The normalized spacial score (nSPS) is 17.3. The van der Waals surface area contributed by atoms with E-state index in [1.165, 1.54) is 0 Å². The van der Waals surface area contributed by atoms with Gasteiger partial charge < -0.3 is 14.8 Å². The van der Waals surface area contributed by atoms with Crippen LogP contribution in [0.15, 0.2) is 48.8 Å². The summed E-state index contributed by atoms with van der Waals surface area (Å²) < 4.78 is 10.7. The monoisotopic (exact) mass is 368 g/mol. The highest BCUT2D eigenvalue weighted by Gasteiger charge is 2.40. The number of nitrogens with zero attached hydrogens (tertiary/aromatic N) is 1. The minimum Gasteiger partial charge on any atom is -0.383 e. The summed E-state index contributed by atoms with van der Waals surface area (Å²) in [6, 6.07) is 12.4. The van der Waals surface area contributed by atoms with Gasteiger partial charge in [0.05, 0.1) is 12.0 Å². The maximum absolute atomic E-state index is 13.1. The Morgan fingerprint density at radius 3 is 2.74 bits per heavy atom. The molecular weight excluding hydrogens is 340 g/mol. The molecule has 0 radical (unpaired) electrons. The molecule has 5 nitrogen and oxygen atoms in total. The zero-order chi connectivity index (χ0) is 19.1. The first kappa shape index (κ1) is 19.5. The van der Waals surface area contributed by atoms with Gasteiger partial charge in [0, 0.05) is 38.8 Å². The molecule has 1 aromatic heterocycles. The highest BCUT2D eigenvalue weighted by Crippen LogP contribution is 2.35. The van der Waals surface area contributed by atoms with Gasteiger partial charge in [0.15, 0.2) is 0 Å². The Bertz CT molecular complexity index is 742. The number of benzene rings is 1.